The predicted octanol–water partition coefficient (Wildman–Crippen LogP) is 5.33. The summed E-state index contributed by atoms with van der Waals surface area (Å²) in [6, 6.07) is 19.9. The lowest BCUT2D eigenvalue weighted by Crippen LogP contribution is -2.07. The van der Waals surface area contributed by atoms with Gasteiger partial charge in [-0.15, -0.1) is 11.8 Å². The topological polar surface area (TPSA) is 42.0 Å². The van der Waals surface area contributed by atoms with Crippen LogP contribution in [-0.4, -0.2) is 10.9 Å². The fraction of sp³-hybridized carbons (Fsp3) is 0.0909. The lowest BCUT2D eigenvalue weighted by molar-refractivity contribution is -0.111. The second-order valence-electron chi connectivity index (χ2n) is 5.91. The first-order chi connectivity index (χ1) is 12.7. The number of hydrogen-bond donors (Lipinski definition) is 1. The molecule has 0 fully saturated rings. The first kappa shape index (κ1) is 18.0. The molecule has 26 heavy (non-hydrogen) atoms. The molecule has 0 spiro atoms. The molecule has 2 aromatic carbocycles. The molecule has 3 rings (SSSR count). The van der Waals surface area contributed by atoms with Gasteiger partial charge in [0.2, 0.25) is 5.91 Å². The summed E-state index contributed by atoms with van der Waals surface area (Å²) >= 11 is 1.74. The standard InChI is InChI=1S/C22H20N2OS/c1-17-4-6-18(7-5-17)8-13-22(25)24-20-9-11-21(12-10-20)26-16-19-3-2-14-23-15-19/h2-15H,16H2,1H3,(H,24,25)/b13-8+. The van der Waals surface area contributed by atoms with Gasteiger partial charge in [-0.05, 0) is 54.5 Å². The average Bonchev–Trinajstić information content (AvgIpc) is 2.68. The minimum Gasteiger partial charge on any atom is -0.323 e. The molecule has 0 unspecified atom stereocenters. The van der Waals surface area contributed by atoms with E-state index in [0.29, 0.717) is 0 Å². The van der Waals surface area contributed by atoms with Crippen LogP contribution < -0.4 is 5.32 Å². The van der Waals surface area contributed by atoms with E-state index >= 15 is 0 Å². The van der Waals surface area contributed by atoms with Crippen molar-refractivity contribution >= 4 is 29.4 Å². The number of aryl methyl sites for hydroxylation is 1. The highest BCUT2D eigenvalue weighted by atomic mass is 32.2. The molecule has 0 saturated heterocycles. The molecule has 0 atom stereocenters. The van der Waals surface area contributed by atoms with E-state index in [1.165, 1.54) is 11.1 Å². The van der Waals surface area contributed by atoms with E-state index in [4.69, 9.17) is 0 Å². The van der Waals surface area contributed by atoms with Crippen LogP contribution in [0.5, 0.6) is 0 Å². The Morgan fingerprint density at radius 3 is 2.54 bits per heavy atom. The molecule has 1 aromatic heterocycles. The van der Waals surface area contributed by atoms with Crippen molar-refractivity contribution in [3.63, 3.8) is 0 Å². The van der Waals surface area contributed by atoms with Gasteiger partial charge in [-0.1, -0.05) is 35.9 Å². The van der Waals surface area contributed by atoms with E-state index in [0.717, 1.165) is 21.9 Å². The van der Waals surface area contributed by atoms with E-state index in [9.17, 15) is 4.79 Å². The van der Waals surface area contributed by atoms with Crippen LogP contribution in [-0.2, 0) is 10.5 Å². The van der Waals surface area contributed by atoms with Crippen LogP contribution in [0.2, 0.25) is 0 Å². The molecule has 0 aliphatic carbocycles. The Balaban J connectivity index is 1.51. The van der Waals surface area contributed by atoms with E-state index in [1.807, 2.05) is 73.8 Å². The second-order valence-corrected chi connectivity index (χ2v) is 6.96. The lowest BCUT2D eigenvalue weighted by Gasteiger charge is -2.05. The summed E-state index contributed by atoms with van der Waals surface area (Å²) in [5.74, 6) is 0.736. The molecule has 1 amide bonds. The molecule has 3 aromatic rings. The van der Waals surface area contributed by atoms with Crippen LogP contribution in [0, 0.1) is 6.92 Å². The first-order valence-electron chi connectivity index (χ1n) is 8.36. The molecule has 0 aliphatic heterocycles. The van der Waals surface area contributed by atoms with Crippen molar-refractivity contribution in [3.05, 3.63) is 95.8 Å². The summed E-state index contributed by atoms with van der Waals surface area (Å²) < 4.78 is 0. The average molecular weight is 360 g/mol. The maximum atomic E-state index is 12.0. The molecule has 0 saturated carbocycles. The van der Waals surface area contributed by atoms with Gasteiger partial charge in [0.05, 0.1) is 0 Å². The SMILES string of the molecule is Cc1ccc(/C=C/C(=O)Nc2ccc(SCc3cccnc3)cc2)cc1. The van der Waals surface area contributed by atoms with Gasteiger partial charge in [-0.2, -0.15) is 0 Å². The summed E-state index contributed by atoms with van der Waals surface area (Å²) in [7, 11) is 0. The maximum Gasteiger partial charge on any atom is 0.248 e. The Hall–Kier alpha value is -2.85. The third-order valence-corrected chi connectivity index (χ3v) is 4.84. The Morgan fingerprint density at radius 2 is 1.85 bits per heavy atom. The van der Waals surface area contributed by atoms with Crippen LogP contribution in [0.1, 0.15) is 16.7 Å². The summed E-state index contributed by atoms with van der Waals surface area (Å²) in [6.07, 6.45) is 7.02. The van der Waals surface area contributed by atoms with Gasteiger partial charge < -0.3 is 5.32 Å². The van der Waals surface area contributed by atoms with Crippen molar-refractivity contribution in [2.75, 3.05) is 5.32 Å². The first-order valence-corrected chi connectivity index (χ1v) is 9.35. The number of nitrogens with zero attached hydrogens (tertiary/aromatic N) is 1. The molecule has 0 aliphatic rings. The molecule has 1 heterocycles. The smallest absolute Gasteiger partial charge is 0.248 e. The van der Waals surface area contributed by atoms with Gasteiger partial charge in [-0.3, -0.25) is 9.78 Å². The van der Waals surface area contributed by atoms with E-state index in [-0.39, 0.29) is 5.91 Å². The molecule has 4 heteroatoms. The van der Waals surface area contributed by atoms with Gasteiger partial charge in [0, 0.05) is 34.8 Å². The van der Waals surface area contributed by atoms with Crippen LogP contribution >= 0.6 is 11.8 Å². The number of rotatable bonds is 6. The quantitative estimate of drug-likeness (QED) is 0.477. The van der Waals surface area contributed by atoms with Gasteiger partial charge in [-0.25, -0.2) is 0 Å². The molecule has 1 N–H and O–H groups in total. The normalized spacial score (nSPS) is 10.8. The van der Waals surface area contributed by atoms with Gasteiger partial charge in [0.25, 0.3) is 0 Å². The van der Waals surface area contributed by atoms with Crippen molar-refractivity contribution in [2.45, 2.75) is 17.6 Å². The number of nitrogens with one attached hydrogen (secondary N) is 1. The molecule has 0 radical (unpaired) electrons. The van der Waals surface area contributed by atoms with E-state index in [2.05, 4.69) is 16.4 Å². The van der Waals surface area contributed by atoms with Crippen molar-refractivity contribution in [1.82, 2.24) is 4.98 Å². The highest BCUT2D eigenvalue weighted by Gasteiger charge is 2.00. The zero-order valence-electron chi connectivity index (χ0n) is 14.6. The van der Waals surface area contributed by atoms with E-state index < -0.39 is 0 Å². The molecule has 0 bridgehead atoms. The fourth-order valence-electron chi connectivity index (χ4n) is 2.32. The van der Waals surface area contributed by atoms with Crippen molar-refractivity contribution < 1.29 is 4.79 Å². The summed E-state index contributed by atoms with van der Waals surface area (Å²) in [6.45, 7) is 2.04. The number of carbonyl (C=O) groups is 1. The lowest BCUT2D eigenvalue weighted by atomic mass is 10.1. The Labute approximate surface area is 158 Å². The number of benzene rings is 2. The van der Waals surface area contributed by atoms with Gasteiger partial charge >= 0.3 is 0 Å². The minimum atomic E-state index is -0.138. The zero-order chi connectivity index (χ0) is 18.2. The van der Waals surface area contributed by atoms with Gasteiger partial charge in [0.1, 0.15) is 0 Å². The molecular formula is C22H20N2OS. The third kappa shape index (κ3) is 5.60. The Bertz CT molecular complexity index is 872. The van der Waals surface area contributed by atoms with Crippen LogP contribution in [0.15, 0.2) is 84.0 Å². The highest BCUT2D eigenvalue weighted by Crippen LogP contribution is 2.23. The number of anilines is 1. The van der Waals surface area contributed by atoms with Crippen LogP contribution in [0.3, 0.4) is 0 Å². The van der Waals surface area contributed by atoms with Crippen molar-refractivity contribution in [3.8, 4) is 0 Å². The highest BCUT2D eigenvalue weighted by molar-refractivity contribution is 7.98. The van der Waals surface area contributed by atoms with Crippen LogP contribution in [0.25, 0.3) is 6.08 Å². The summed E-state index contributed by atoms with van der Waals surface area (Å²) in [5, 5.41) is 2.88. The monoisotopic (exact) mass is 360 g/mol. The largest absolute Gasteiger partial charge is 0.323 e. The molecular weight excluding hydrogens is 340 g/mol. The summed E-state index contributed by atoms with van der Waals surface area (Å²) in [5.41, 5.74) is 4.19. The number of amides is 1. The minimum absolute atomic E-state index is 0.138. The van der Waals surface area contributed by atoms with E-state index in [1.54, 1.807) is 24.0 Å². The fourth-order valence-corrected chi connectivity index (χ4v) is 3.15. The Morgan fingerprint density at radius 1 is 1.08 bits per heavy atom. The Kier molecular flexibility index (Phi) is 6.23. The van der Waals surface area contributed by atoms with Crippen molar-refractivity contribution in [1.29, 1.82) is 0 Å². The van der Waals surface area contributed by atoms with Crippen LogP contribution in [0.4, 0.5) is 5.69 Å². The number of aromatic nitrogens is 1. The van der Waals surface area contributed by atoms with Gasteiger partial charge in [0.15, 0.2) is 0 Å². The number of pyridine rings is 1. The predicted molar refractivity (Wildman–Crippen MR) is 109 cm³/mol. The van der Waals surface area contributed by atoms with Crippen molar-refractivity contribution in [2.24, 2.45) is 0 Å². The molecule has 130 valence electrons. The number of carbonyl (C=O) groups excluding carboxylic acids is 1. The maximum absolute atomic E-state index is 12.0. The number of thioether (sulfide) groups is 1. The zero-order valence-corrected chi connectivity index (χ0v) is 15.4. The molecule has 3 nitrogen and oxygen atoms in total. The number of hydrogen-bond acceptors (Lipinski definition) is 3. The summed E-state index contributed by atoms with van der Waals surface area (Å²) in [4.78, 5) is 17.3. The third-order valence-electron chi connectivity index (χ3n) is 3.75. The second kappa shape index (κ2) is 9.02.